The molecular weight excluding hydrogens is 481 g/mol. The molecule has 5 rings (SSSR count). The molecule has 0 radical (unpaired) electrons. The predicted octanol–water partition coefficient (Wildman–Crippen LogP) is 4.42. The van der Waals surface area contributed by atoms with Crippen molar-refractivity contribution in [3.05, 3.63) is 63.9 Å². The lowest BCUT2D eigenvalue weighted by molar-refractivity contribution is -0.296. The molecule has 1 atom stereocenters. The maximum Gasteiger partial charge on any atom is 0.417 e. The first-order valence-corrected chi connectivity index (χ1v) is 12.0. The first kappa shape index (κ1) is 24.1. The topological polar surface area (TPSA) is 91.8 Å². The van der Waals surface area contributed by atoms with Gasteiger partial charge >= 0.3 is 6.18 Å². The monoisotopic (exact) mass is 506 g/mol. The van der Waals surface area contributed by atoms with Gasteiger partial charge in [-0.3, -0.25) is 14.7 Å². The number of hydrogen-bond acceptors (Lipinski definition) is 5. The number of benzene rings is 1. The molecule has 0 saturated heterocycles. The fraction of sp³-hybridized carbons (Fsp3) is 0.480. The molecule has 2 aromatic rings. The first-order chi connectivity index (χ1) is 16.4. The molecule has 0 unspecified atom stereocenters. The fourth-order valence-corrected chi connectivity index (χ4v) is 5.44. The van der Waals surface area contributed by atoms with Gasteiger partial charge < -0.3 is 10.8 Å². The van der Waals surface area contributed by atoms with Gasteiger partial charge in [0.05, 0.1) is 12.0 Å². The minimum absolute atomic E-state index is 0.102. The Balaban J connectivity index is 1.36. The number of nitrogens with two attached hydrogens (primary N) is 1. The Morgan fingerprint density at radius 2 is 1.94 bits per heavy atom. The van der Waals surface area contributed by atoms with Crippen LogP contribution in [0, 0.1) is 0 Å². The van der Waals surface area contributed by atoms with Crippen LogP contribution in [0.5, 0.6) is 0 Å². The average molecular weight is 507 g/mol. The molecule has 3 N–H and O–H groups in total. The zero-order valence-electron chi connectivity index (χ0n) is 19.1. The van der Waals surface area contributed by atoms with Gasteiger partial charge in [0.25, 0.3) is 0 Å². The lowest BCUT2D eigenvalue weighted by Gasteiger charge is -2.50. The summed E-state index contributed by atoms with van der Waals surface area (Å²) >= 11 is 6.78. The number of halogens is 4. The third-order valence-corrected chi connectivity index (χ3v) is 7.75. The van der Waals surface area contributed by atoms with Gasteiger partial charge in [-0.25, -0.2) is 4.99 Å². The maximum absolute atomic E-state index is 13.0. The standard InChI is InChI=1S/C25H26ClF3N4O2/c1-23(12-20(34)33(22(30)32-23)17-10-24(35,11-17)25(27,28)29)18-4-2-3-16(21(18)26)9-14-5-8-19(31-13-14)15-6-7-15/h2-5,8,13,15,17,35H,6-7,9-12H2,1H3,(H2,30,32)/t17?,23-,24?/m0/s1. The van der Waals surface area contributed by atoms with Crippen molar-refractivity contribution in [2.24, 2.45) is 10.7 Å². The zero-order chi connectivity index (χ0) is 25.2. The van der Waals surface area contributed by atoms with Crippen molar-refractivity contribution >= 4 is 23.5 Å². The number of nitrogens with zero attached hydrogens (tertiary/aromatic N) is 3. The van der Waals surface area contributed by atoms with Crippen molar-refractivity contribution in [3.63, 3.8) is 0 Å². The molecule has 1 amide bonds. The van der Waals surface area contributed by atoms with Crippen molar-refractivity contribution in [3.8, 4) is 0 Å². The summed E-state index contributed by atoms with van der Waals surface area (Å²) in [4.78, 5) is 23.2. The van der Waals surface area contributed by atoms with E-state index in [4.69, 9.17) is 17.3 Å². The maximum atomic E-state index is 13.0. The van der Waals surface area contributed by atoms with Crippen molar-refractivity contribution < 1.29 is 23.1 Å². The lowest BCUT2D eigenvalue weighted by Crippen LogP contribution is -2.66. The van der Waals surface area contributed by atoms with E-state index in [-0.39, 0.29) is 12.4 Å². The number of rotatable bonds is 5. The molecule has 10 heteroatoms. The molecule has 2 fully saturated rings. The molecule has 6 nitrogen and oxygen atoms in total. The van der Waals surface area contributed by atoms with Crippen LogP contribution in [0.4, 0.5) is 13.2 Å². The van der Waals surface area contributed by atoms with Gasteiger partial charge in [0.15, 0.2) is 11.6 Å². The van der Waals surface area contributed by atoms with Gasteiger partial charge in [-0.05, 0) is 42.5 Å². The van der Waals surface area contributed by atoms with Gasteiger partial charge in [0.1, 0.15) is 0 Å². The molecule has 1 aromatic heterocycles. The molecule has 2 heterocycles. The Labute approximate surface area is 206 Å². The second-order valence-electron chi connectivity index (χ2n) is 10.1. The minimum Gasteiger partial charge on any atom is -0.380 e. The Morgan fingerprint density at radius 1 is 1.23 bits per heavy atom. The lowest BCUT2D eigenvalue weighted by atomic mass is 9.73. The SMILES string of the molecule is C[C@@]1(c2cccc(Cc3ccc(C4CC4)nc3)c2Cl)CC(=O)N(C2CC(O)(C(F)(F)F)C2)C(N)=N1. The summed E-state index contributed by atoms with van der Waals surface area (Å²) in [6, 6.07) is 8.77. The molecule has 35 heavy (non-hydrogen) atoms. The third kappa shape index (κ3) is 4.29. The highest BCUT2D eigenvalue weighted by molar-refractivity contribution is 6.32. The van der Waals surface area contributed by atoms with Crippen LogP contribution < -0.4 is 5.73 Å². The van der Waals surface area contributed by atoms with E-state index >= 15 is 0 Å². The number of guanidine groups is 1. The first-order valence-electron chi connectivity index (χ1n) is 11.6. The van der Waals surface area contributed by atoms with Crippen molar-refractivity contribution in [1.29, 1.82) is 0 Å². The van der Waals surface area contributed by atoms with E-state index in [9.17, 15) is 23.1 Å². The molecule has 0 spiro atoms. The van der Waals surface area contributed by atoms with Crippen LogP contribution >= 0.6 is 11.6 Å². The van der Waals surface area contributed by atoms with Crippen LogP contribution in [-0.4, -0.2) is 44.7 Å². The highest BCUT2D eigenvalue weighted by Crippen LogP contribution is 2.48. The summed E-state index contributed by atoms with van der Waals surface area (Å²) < 4.78 is 39.1. The summed E-state index contributed by atoms with van der Waals surface area (Å²) in [6.07, 6.45) is -1.33. The number of hydrogen-bond donors (Lipinski definition) is 2. The highest BCUT2D eigenvalue weighted by Gasteiger charge is 2.63. The molecule has 1 aromatic carbocycles. The largest absolute Gasteiger partial charge is 0.417 e. The smallest absolute Gasteiger partial charge is 0.380 e. The molecule has 186 valence electrons. The van der Waals surface area contributed by atoms with Crippen LogP contribution in [0.15, 0.2) is 41.5 Å². The summed E-state index contributed by atoms with van der Waals surface area (Å²) in [5.74, 6) is -0.0419. The quantitative estimate of drug-likeness (QED) is 0.628. The van der Waals surface area contributed by atoms with E-state index in [0.29, 0.717) is 22.9 Å². The van der Waals surface area contributed by atoms with Crippen LogP contribution in [-0.2, 0) is 16.8 Å². The van der Waals surface area contributed by atoms with E-state index in [1.54, 1.807) is 13.0 Å². The number of carbonyl (C=O) groups is 1. The predicted molar refractivity (Wildman–Crippen MR) is 125 cm³/mol. The molecule has 3 aliphatic rings. The van der Waals surface area contributed by atoms with E-state index in [0.717, 1.165) is 21.7 Å². The van der Waals surface area contributed by atoms with Gasteiger partial charge in [0, 0.05) is 48.1 Å². The number of aliphatic hydroxyl groups is 1. The molecular formula is C25H26ClF3N4O2. The van der Waals surface area contributed by atoms with Crippen molar-refractivity contribution in [2.75, 3.05) is 0 Å². The normalized spacial score (nSPS) is 29.1. The minimum atomic E-state index is -4.76. The highest BCUT2D eigenvalue weighted by atomic mass is 35.5. The fourth-order valence-electron chi connectivity index (χ4n) is 5.05. The van der Waals surface area contributed by atoms with Gasteiger partial charge in [-0.2, -0.15) is 13.2 Å². The summed E-state index contributed by atoms with van der Waals surface area (Å²) in [6.45, 7) is 1.74. The average Bonchev–Trinajstić information content (AvgIpc) is 3.58. The Kier molecular flexibility index (Phi) is 5.64. The summed E-state index contributed by atoms with van der Waals surface area (Å²) in [5, 5.41) is 10.2. The van der Waals surface area contributed by atoms with E-state index in [1.807, 2.05) is 30.5 Å². The molecule has 0 bridgehead atoms. The zero-order valence-corrected chi connectivity index (χ0v) is 19.9. The molecule has 2 aliphatic carbocycles. The van der Waals surface area contributed by atoms with E-state index in [2.05, 4.69) is 9.98 Å². The molecule has 1 aliphatic heterocycles. The summed E-state index contributed by atoms with van der Waals surface area (Å²) in [5.41, 5.74) is 5.81. The number of alkyl halides is 3. The molecule has 2 saturated carbocycles. The Bertz CT molecular complexity index is 1190. The van der Waals surface area contributed by atoms with Gasteiger partial charge in [0.2, 0.25) is 5.91 Å². The van der Waals surface area contributed by atoms with Crippen molar-refractivity contribution in [1.82, 2.24) is 9.88 Å². The van der Waals surface area contributed by atoms with E-state index in [1.165, 1.54) is 12.8 Å². The number of aliphatic imine (C=N–C) groups is 1. The number of carbonyl (C=O) groups excluding carboxylic acids is 1. The van der Waals surface area contributed by atoms with Crippen LogP contribution in [0.25, 0.3) is 0 Å². The van der Waals surface area contributed by atoms with Crippen LogP contribution in [0.2, 0.25) is 5.02 Å². The number of aromatic nitrogens is 1. The Morgan fingerprint density at radius 3 is 2.51 bits per heavy atom. The van der Waals surface area contributed by atoms with Crippen LogP contribution in [0.1, 0.15) is 67.3 Å². The number of amides is 1. The number of pyridine rings is 1. The second-order valence-corrected chi connectivity index (χ2v) is 10.5. The third-order valence-electron chi connectivity index (χ3n) is 7.31. The van der Waals surface area contributed by atoms with E-state index < -0.39 is 42.1 Å². The van der Waals surface area contributed by atoms with Crippen molar-refractivity contribution in [2.45, 2.75) is 74.7 Å². The summed E-state index contributed by atoms with van der Waals surface area (Å²) in [7, 11) is 0. The second kappa shape index (κ2) is 8.20. The van der Waals surface area contributed by atoms with Gasteiger partial charge in [-0.1, -0.05) is 35.9 Å². The van der Waals surface area contributed by atoms with Crippen LogP contribution in [0.3, 0.4) is 0 Å². The Hall–Kier alpha value is -2.65. The van der Waals surface area contributed by atoms with Gasteiger partial charge in [-0.15, -0.1) is 0 Å².